The first-order valence-corrected chi connectivity index (χ1v) is 7.43. The minimum Gasteiger partial charge on any atom is -0.469 e. The Balaban J connectivity index is 1.61. The van der Waals surface area contributed by atoms with E-state index in [1.807, 2.05) is 12.1 Å². The third-order valence-electron chi connectivity index (χ3n) is 4.02. The molecule has 1 aromatic carbocycles. The Morgan fingerprint density at radius 2 is 2.14 bits per heavy atom. The van der Waals surface area contributed by atoms with Crippen molar-refractivity contribution in [3.05, 3.63) is 22.7 Å². The predicted octanol–water partition coefficient (Wildman–Crippen LogP) is 2.45. The van der Waals surface area contributed by atoms with Crippen molar-refractivity contribution in [2.24, 2.45) is 5.92 Å². The molecular weight excluding hydrogens is 294 g/mol. The van der Waals surface area contributed by atoms with Crippen LogP contribution in [0.1, 0.15) is 18.4 Å². The standard InChI is InChI=1S/C15H18ClNO4/c1-19-15(18)11-2-4-17(5-3-11)8-10-6-12(16)14-13(7-10)20-9-21-14/h6-7,11H,2-5,8-9H2,1H3. The number of esters is 1. The molecule has 0 unspecified atom stereocenters. The van der Waals surface area contributed by atoms with Gasteiger partial charge >= 0.3 is 5.97 Å². The Bertz CT molecular complexity index is 541. The minimum atomic E-state index is -0.0965. The van der Waals surface area contributed by atoms with Crippen molar-refractivity contribution in [1.82, 2.24) is 4.90 Å². The fourth-order valence-electron chi connectivity index (χ4n) is 2.86. The number of hydrogen-bond donors (Lipinski definition) is 0. The summed E-state index contributed by atoms with van der Waals surface area (Å²) in [4.78, 5) is 13.8. The number of carbonyl (C=O) groups excluding carboxylic acids is 1. The third kappa shape index (κ3) is 3.09. The van der Waals surface area contributed by atoms with Crippen molar-refractivity contribution < 1.29 is 19.0 Å². The normalized spacial score (nSPS) is 18.8. The van der Waals surface area contributed by atoms with Gasteiger partial charge in [-0.25, -0.2) is 0 Å². The van der Waals surface area contributed by atoms with Gasteiger partial charge in [0.1, 0.15) is 0 Å². The Hall–Kier alpha value is -1.46. The molecule has 0 saturated carbocycles. The Morgan fingerprint density at radius 1 is 1.38 bits per heavy atom. The van der Waals surface area contributed by atoms with E-state index in [2.05, 4.69) is 4.90 Å². The fraction of sp³-hybridized carbons (Fsp3) is 0.533. The molecule has 3 rings (SSSR count). The van der Waals surface area contributed by atoms with Gasteiger partial charge in [-0.15, -0.1) is 0 Å². The average Bonchev–Trinajstić information content (AvgIpc) is 2.96. The fourth-order valence-corrected chi connectivity index (χ4v) is 3.15. The second kappa shape index (κ2) is 6.12. The van der Waals surface area contributed by atoms with E-state index >= 15 is 0 Å². The van der Waals surface area contributed by atoms with Gasteiger partial charge in [0.05, 0.1) is 18.1 Å². The van der Waals surface area contributed by atoms with E-state index in [0.29, 0.717) is 16.5 Å². The molecule has 0 aliphatic carbocycles. The highest BCUT2D eigenvalue weighted by atomic mass is 35.5. The number of ether oxygens (including phenoxy) is 3. The summed E-state index contributed by atoms with van der Waals surface area (Å²) in [7, 11) is 1.45. The molecule has 0 atom stereocenters. The van der Waals surface area contributed by atoms with Gasteiger partial charge in [-0.05, 0) is 43.6 Å². The molecule has 2 aliphatic heterocycles. The van der Waals surface area contributed by atoms with E-state index in [0.717, 1.165) is 38.0 Å². The highest BCUT2D eigenvalue weighted by Crippen LogP contribution is 2.40. The molecule has 2 aliphatic rings. The SMILES string of the molecule is COC(=O)C1CCN(Cc2cc(Cl)c3c(c2)OCO3)CC1. The third-order valence-corrected chi connectivity index (χ3v) is 4.30. The van der Waals surface area contributed by atoms with Crippen molar-refractivity contribution in [3.63, 3.8) is 0 Å². The van der Waals surface area contributed by atoms with Crippen LogP contribution in [0.15, 0.2) is 12.1 Å². The highest BCUT2D eigenvalue weighted by Gasteiger charge is 2.26. The second-order valence-corrected chi connectivity index (χ2v) is 5.79. The zero-order chi connectivity index (χ0) is 14.8. The number of nitrogens with zero attached hydrogens (tertiary/aromatic N) is 1. The van der Waals surface area contributed by atoms with Crippen molar-refractivity contribution >= 4 is 17.6 Å². The molecule has 5 nitrogen and oxygen atoms in total. The summed E-state index contributed by atoms with van der Waals surface area (Å²) in [5.74, 6) is 1.28. The molecule has 21 heavy (non-hydrogen) atoms. The van der Waals surface area contributed by atoms with Crippen LogP contribution in [0.3, 0.4) is 0 Å². The van der Waals surface area contributed by atoms with Crippen molar-refractivity contribution in [2.45, 2.75) is 19.4 Å². The molecule has 0 N–H and O–H groups in total. The lowest BCUT2D eigenvalue weighted by molar-refractivity contribution is -0.147. The first-order valence-electron chi connectivity index (χ1n) is 7.05. The van der Waals surface area contributed by atoms with Crippen LogP contribution in [0.2, 0.25) is 5.02 Å². The summed E-state index contributed by atoms with van der Waals surface area (Å²) in [6.45, 7) is 2.78. The maximum Gasteiger partial charge on any atom is 0.308 e. The number of rotatable bonds is 3. The Kier molecular flexibility index (Phi) is 4.22. The lowest BCUT2D eigenvalue weighted by Gasteiger charge is -2.30. The van der Waals surface area contributed by atoms with E-state index in [4.69, 9.17) is 25.8 Å². The lowest BCUT2D eigenvalue weighted by atomic mass is 9.96. The quantitative estimate of drug-likeness (QED) is 0.803. The predicted molar refractivity (Wildman–Crippen MR) is 77.6 cm³/mol. The van der Waals surface area contributed by atoms with Gasteiger partial charge in [-0.1, -0.05) is 11.6 Å². The van der Waals surface area contributed by atoms with Gasteiger partial charge < -0.3 is 14.2 Å². The van der Waals surface area contributed by atoms with Gasteiger partial charge in [-0.3, -0.25) is 9.69 Å². The van der Waals surface area contributed by atoms with Gasteiger partial charge in [0.2, 0.25) is 6.79 Å². The molecule has 6 heteroatoms. The van der Waals surface area contributed by atoms with Gasteiger partial charge in [0, 0.05) is 6.54 Å². The summed E-state index contributed by atoms with van der Waals surface area (Å²) in [5, 5.41) is 0.587. The molecular formula is C15H18ClNO4. The largest absolute Gasteiger partial charge is 0.469 e. The number of halogens is 1. The van der Waals surface area contributed by atoms with Crippen molar-refractivity contribution in [1.29, 1.82) is 0 Å². The van der Waals surface area contributed by atoms with E-state index in [1.54, 1.807) is 0 Å². The first-order chi connectivity index (χ1) is 10.2. The summed E-state index contributed by atoms with van der Waals surface area (Å²) < 4.78 is 15.5. The molecule has 1 saturated heterocycles. The second-order valence-electron chi connectivity index (χ2n) is 5.39. The number of likely N-dealkylation sites (tertiary alicyclic amines) is 1. The summed E-state index contributed by atoms with van der Waals surface area (Å²) in [5.41, 5.74) is 1.10. The molecule has 0 amide bonds. The van der Waals surface area contributed by atoms with Crippen LogP contribution in [0.25, 0.3) is 0 Å². The molecule has 0 aromatic heterocycles. The summed E-state index contributed by atoms with van der Waals surface area (Å²) in [6, 6.07) is 3.89. The molecule has 2 heterocycles. The van der Waals surface area contributed by atoms with Crippen LogP contribution in [-0.2, 0) is 16.1 Å². The van der Waals surface area contributed by atoms with E-state index in [1.165, 1.54) is 7.11 Å². The van der Waals surface area contributed by atoms with Crippen LogP contribution >= 0.6 is 11.6 Å². The number of piperidine rings is 1. The maximum atomic E-state index is 11.5. The first kappa shape index (κ1) is 14.5. The van der Waals surface area contributed by atoms with Gasteiger partial charge in [0.15, 0.2) is 11.5 Å². The van der Waals surface area contributed by atoms with E-state index in [-0.39, 0.29) is 18.7 Å². The van der Waals surface area contributed by atoms with Crippen LogP contribution < -0.4 is 9.47 Å². The molecule has 1 fully saturated rings. The Labute approximate surface area is 128 Å². The number of hydrogen-bond acceptors (Lipinski definition) is 5. The number of carbonyl (C=O) groups is 1. The van der Waals surface area contributed by atoms with E-state index in [9.17, 15) is 4.79 Å². The van der Waals surface area contributed by atoms with E-state index < -0.39 is 0 Å². The van der Waals surface area contributed by atoms with Crippen LogP contribution in [0.5, 0.6) is 11.5 Å². The molecule has 0 bridgehead atoms. The smallest absolute Gasteiger partial charge is 0.308 e. The topological polar surface area (TPSA) is 48.0 Å². The number of fused-ring (bicyclic) bond motifs is 1. The van der Waals surface area contributed by atoms with Crippen molar-refractivity contribution in [2.75, 3.05) is 27.0 Å². The molecule has 114 valence electrons. The zero-order valence-corrected chi connectivity index (χ0v) is 12.7. The molecule has 1 aromatic rings. The Morgan fingerprint density at radius 3 is 2.86 bits per heavy atom. The monoisotopic (exact) mass is 311 g/mol. The molecule has 0 spiro atoms. The highest BCUT2D eigenvalue weighted by molar-refractivity contribution is 6.32. The van der Waals surface area contributed by atoms with Crippen LogP contribution in [0, 0.1) is 5.92 Å². The average molecular weight is 312 g/mol. The zero-order valence-electron chi connectivity index (χ0n) is 11.9. The molecule has 0 radical (unpaired) electrons. The van der Waals surface area contributed by atoms with Crippen molar-refractivity contribution in [3.8, 4) is 11.5 Å². The summed E-state index contributed by atoms with van der Waals surface area (Å²) >= 11 is 6.19. The number of benzene rings is 1. The van der Waals surface area contributed by atoms with Crippen LogP contribution in [0.4, 0.5) is 0 Å². The number of methoxy groups -OCH3 is 1. The van der Waals surface area contributed by atoms with Gasteiger partial charge in [-0.2, -0.15) is 0 Å². The minimum absolute atomic E-state index is 0.0339. The lowest BCUT2D eigenvalue weighted by Crippen LogP contribution is -2.36. The summed E-state index contributed by atoms with van der Waals surface area (Å²) in [6.07, 6.45) is 1.68. The van der Waals surface area contributed by atoms with Gasteiger partial charge in [0.25, 0.3) is 0 Å². The van der Waals surface area contributed by atoms with Crippen LogP contribution in [-0.4, -0.2) is 37.9 Å². The maximum absolute atomic E-state index is 11.5.